The van der Waals surface area contributed by atoms with Gasteiger partial charge in [0.15, 0.2) is 5.82 Å². The lowest BCUT2D eigenvalue weighted by molar-refractivity contribution is 0.250. The molecule has 3 aromatic rings. The van der Waals surface area contributed by atoms with Gasteiger partial charge in [-0.2, -0.15) is 9.61 Å². The zero-order valence-electron chi connectivity index (χ0n) is 11.8. The minimum absolute atomic E-state index is 0.462. The standard InChI is InChI=1S/C14H16N6S/c1-19-8-4-10(5-9-19)12-16-17-14-20(12)18-13(21-14)11-2-6-15-7-3-11/h2-3,6-7,10H,4-5,8-9H2,1H3. The van der Waals surface area contributed by atoms with E-state index in [1.807, 2.05) is 16.6 Å². The summed E-state index contributed by atoms with van der Waals surface area (Å²) in [6.07, 6.45) is 5.82. The molecule has 0 unspecified atom stereocenters. The maximum atomic E-state index is 4.71. The molecule has 0 aromatic carbocycles. The van der Waals surface area contributed by atoms with Crippen LogP contribution in [0.1, 0.15) is 24.6 Å². The van der Waals surface area contributed by atoms with Crippen LogP contribution in [0.4, 0.5) is 0 Å². The van der Waals surface area contributed by atoms with Crippen molar-refractivity contribution in [3.05, 3.63) is 30.4 Å². The normalized spacial score (nSPS) is 17.6. The maximum absolute atomic E-state index is 4.71. The fourth-order valence-corrected chi connectivity index (χ4v) is 3.62. The Hall–Kier alpha value is -1.86. The molecule has 0 spiro atoms. The summed E-state index contributed by atoms with van der Waals surface area (Å²) in [4.78, 5) is 7.28. The highest BCUT2D eigenvalue weighted by Gasteiger charge is 2.24. The third kappa shape index (κ3) is 2.32. The second kappa shape index (κ2) is 5.16. The molecule has 1 aliphatic rings. The number of aromatic nitrogens is 5. The van der Waals surface area contributed by atoms with Gasteiger partial charge in [0.1, 0.15) is 5.01 Å². The number of nitrogens with zero attached hydrogens (tertiary/aromatic N) is 6. The maximum Gasteiger partial charge on any atom is 0.234 e. The van der Waals surface area contributed by atoms with Crippen LogP contribution in [0, 0.1) is 0 Å². The van der Waals surface area contributed by atoms with E-state index < -0.39 is 0 Å². The summed E-state index contributed by atoms with van der Waals surface area (Å²) in [5, 5.41) is 14.3. The first-order chi connectivity index (χ1) is 10.3. The molecule has 0 bridgehead atoms. The molecule has 6 nitrogen and oxygen atoms in total. The first-order valence-electron chi connectivity index (χ1n) is 7.12. The Morgan fingerprint density at radius 2 is 1.90 bits per heavy atom. The number of pyridine rings is 1. The summed E-state index contributed by atoms with van der Waals surface area (Å²) in [7, 11) is 2.17. The molecule has 0 N–H and O–H groups in total. The SMILES string of the molecule is CN1CCC(c2nnc3sc(-c4ccncc4)nn23)CC1. The molecule has 1 saturated heterocycles. The largest absolute Gasteiger partial charge is 0.306 e. The summed E-state index contributed by atoms with van der Waals surface area (Å²) >= 11 is 1.58. The van der Waals surface area contributed by atoms with Gasteiger partial charge >= 0.3 is 0 Å². The zero-order chi connectivity index (χ0) is 14.2. The Bertz CT molecular complexity index is 741. The zero-order valence-corrected chi connectivity index (χ0v) is 12.6. The molecule has 1 aliphatic heterocycles. The van der Waals surface area contributed by atoms with E-state index in [4.69, 9.17) is 5.10 Å². The average molecular weight is 300 g/mol. The second-order valence-corrected chi connectivity index (χ2v) is 6.43. The van der Waals surface area contributed by atoms with Crippen LogP contribution in [0.2, 0.25) is 0 Å². The lowest BCUT2D eigenvalue weighted by Gasteiger charge is -2.27. The van der Waals surface area contributed by atoms with Crippen molar-refractivity contribution in [2.24, 2.45) is 0 Å². The van der Waals surface area contributed by atoms with Crippen molar-refractivity contribution in [1.82, 2.24) is 29.7 Å². The topological polar surface area (TPSA) is 59.2 Å². The van der Waals surface area contributed by atoms with E-state index in [1.165, 1.54) is 0 Å². The van der Waals surface area contributed by atoms with E-state index in [0.717, 1.165) is 47.3 Å². The number of likely N-dealkylation sites (tertiary alicyclic amines) is 1. The molecule has 1 fully saturated rings. The quantitative estimate of drug-likeness (QED) is 0.725. The highest BCUT2D eigenvalue weighted by molar-refractivity contribution is 7.19. The van der Waals surface area contributed by atoms with Gasteiger partial charge < -0.3 is 4.90 Å². The van der Waals surface area contributed by atoms with Crippen LogP contribution in [0.25, 0.3) is 15.5 Å². The van der Waals surface area contributed by atoms with E-state index in [-0.39, 0.29) is 0 Å². The highest BCUT2D eigenvalue weighted by atomic mass is 32.1. The van der Waals surface area contributed by atoms with Crippen molar-refractivity contribution in [2.75, 3.05) is 20.1 Å². The molecule has 3 aromatic heterocycles. The van der Waals surface area contributed by atoms with Crippen molar-refractivity contribution in [3.63, 3.8) is 0 Å². The van der Waals surface area contributed by atoms with Gasteiger partial charge in [0, 0.05) is 23.9 Å². The smallest absolute Gasteiger partial charge is 0.234 e. The highest BCUT2D eigenvalue weighted by Crippen LogP contribution is 2.30. The molecule has 0 aliphatic carbocycles. The minimum Gasteiger partial charge on any atom is -0.306 e. The van der Waals surface area contributed by atoms with Gasteiger partial charge in [-0.05, 0) is 45.1 Å². The number of rotatable bonds is 2. The van der Waals surface area contributed by atoms with Crippen LogP contribution in [0.3, 0.4) is 0 Å². The van der Waals surface area contributed by atoms with E-state index >= 15 is 0 Å². The van der Waals surface area contributed by atoms with Gasteiger partial charge in [0.2, 0.25) is 4.96 Å². The molecule has 7 heteroatoms. The van der Waals surface area contributed by atoms with Crippen molar-refractivity contribution < 1.29 is 0 Å². The average Bonchev–Trinajstić information content (AvgIpc) is 3.09. The van der Waals surface area contributed by atoms with E-state index in [2.05, 4.69) is 27.1 Å². The molecule has 4 heterocycles. The summed E-state index contributed by atoms with van der Waals surface area (Å²) in [5.41, 5.74) is 1.08. The number of fused-ring (bicyclic) bond motifs is 1. The van der Waals surface area contributed by atoms with Crippen LogP contribution in [-0.2, 0) is 0 Å². The molecule has 0 saturated carbocycles. The molecular weight excluding hydrogens is 284 g/mol. The molecule has 0 radical (unpaired) electrons. The monoisotopic (exact) mass is 300 g/mol. The third-order valence-electron chi connectivity index (χ3n) is 4.03. The third-order valence-corrected chi connectivity index (χ3v) is 4.97. The van der Waals surface area contributed by atoms with Crippen LogP contribution in [-0.4, -0.2) is 49.8 Å². The fourth-order valence-electron chi connectivity index (χ4n) is 2.76. The Morgan fingerprint density at radius 1 is 1.14 bits per heavy atom. The van der Waals surface area contributed by atoms with Gasteiger partial charge in [-0.15, -0.1) is 10.2 Å². The van der Waals surface area contributed by atoms with Crippen molar-refractivity contribution in [1.29, 1.82) is 0 Å². The van der Waals surface area contributed by atoms with Crippen LogP contribution in [0.5, 0.6) is 0 Å². The molecule has 4 rings (SSSR count). The Morgan fingerprint density at radius 3 is 2.67 bits per heavy atom. The summed E-state index contributed by atoms with van der Waals surface area (Å²) in [5.74, 6) is 1.47. The van der Waals surface area contributed by atoms with Gasteiger partial charge in [0.05, 0.1) is 0 Å². The second-order valence-electron chi connectivity index (χ2n) is 5.47. The summed E-state index contributed by atoms with van der Waals surface area (Å²) in [6, 6.07) is 3.95. The number of piperidine rings is 1. The molecule has 0 amide bonds. The van der Waals surface area contributed by atoms with Crippen molar-refractivity contribution in [3.8, 4) is 10.6 Å². The Labute approximate surface area is 126 Å². The predicted molar refractivity (Wildman–Crippen MR) is 81.4 cm³/mol. The lowest BCUT2D eigenvalue weighted by Crippen LogP contribution is -2.30. The van der Waals surface area contributed by atoms with Gasteiger partial charge in [-0.3, -0.25) is 4.98 Å². The Kier molecular flexibility index (Phi) is 3.16. The molecule has 21 heavy (non-hydrogen) atoms. The van der Waals surface area contributed by atoms with E-state index in [0.29, 0.717) is 5.92 Å². The van der Waals surface area contributed by atoms with Gasteiger partial charge in [-0.1, -0.05) is 11.3 Å². The van der Waals surface area contributed by atoms with Crippen LogP contribution >= 0.6 is 11.3 Å². The number of hydrogen-bond donors (Lipinski definition) is 0. The van der Waals surface area contributed by atoms with Crippen molar-refractivity contribution >= 4 is 16.3 Å². The number of hydrogen-bond acceptors (Lipinski definition) is 6. The van der Waals surface area contributed by atoms with E-state index in [9.17, 15) is 0 Å². The first-order valence-corrected chi connectivity index (χ1v) is 7.94. The molecule has 0 atom stereocenters. The Balaban J connectivity index is 1.70. The van der Waals surface area contributed by atoms with Gasteiger partial charge in [-0.25, -0.2) is 0 Å². The molecular formula is C14H16N6S. The predicted octanol–water partition coefficient (Wildman–Crippen LogP) is 2.06. The fraction of sp³-hybridized carbons (Fsp3) is 0.429. The summed E-state index contributed by atoms with van der Waals surface area (Å²) in [6.45, 7) is 2.22. The van der Waals surface area contributed by atoms with Gasteiger partial charge in [0.25, 0.3) is 0 Å². The van der Waals surface area contributed by atoms with E-state index in [1.54, 1.807) is 23.7 Å². The van der Waals surface area contributed by atoms with Crippen molar-refractivity contribution in [2.45, 2.75) is 18.8 Å². The summed E-state index contributed by atoms with van der Waals surface area (Å²) < 4.78 is 1.93. The van der Waals surface area contributed by atoms with Crippen LogP contribution in [0.15, 0.2) is 24.5 Å². The minimum atomic E-state index is 0.462. The molecule has 108 valence electrons. The van der Waals surface area contributed by atoms with Crippen LogP contribution < -0.4 is 0 Å². The first kappa shape index (κ1) is 12.8. The lowest BCUT2D eigenvalue weighted by atomic mass is 9.96.